The van der Waals surface area contributed by atoms with Gasteiger partial charge < -0.3 is 34.9 Å². The van der Waals surface area contributed by atoms with Crippen LogP contribution in [0.2, 0.25) is 0 Å². The maximum atomic E-state index is 16.0. The maximum Gasteiger partial charge on any atom is 0.308 e. The summed E-state index contributed by atoms with van der Waals surface area (Å²) < 4.78 is 45.0. The highest BCUT2D eigenvalue weighted by molar-refractivity contribution is 5.95. The molecule has 0 saturated carbocycles. The molecule has 1 saturated heterocycles. The topological polar surface area (TPSA) is 160 Å². The molecular weight excluding hydrogens is 538 g/mol. The predicted molar refractivity (Wildman–Crippen MR) is 145 cm³/mol. The molecule has 1 atom stereocenters. The average Bonchev–Trinajstić information content (AvgIpc) is 3.38. The van der Waals surface area contributed by atoms with Gasteiger partial charge >= 0.3 is 5.97 Å². The van der Waals surface area contributed by atoms with Crippen LogP contribution in [0, 0.1) is 23.0 Å². The second-order valence-corrected chi connectivity index (χ2v) is 9.51. The molecule has 1 fully saturated rings. The fourth-order valence-electron chi connectivity index (χ4n) is 4.61. The molecule has 1 aliphatic rings. The van der Waals surface area contributed by atoms with Crippen LogP contribution in [0.25, 0.3) is 11.4 Å². The number of aromatic hydroxyl groups is 1. The lowest BCUT2D eigenvalue weighted by molar-refractivity contribution is -0.141. The number of ether oxygens (including phenoxy) is 2. The number of imidazole rings is 1. The van der Waals surface area contributed by atoms with E-state index in [1.807, 2.05) is 7.05 Å². The zero-order chi connectivity index (χ0) is 29.3. The average molecular weight is 565 g/mol. The van der Waals surface area contributed by atoms with Gasteiger partial charge in [-0.25, -0.2) is 4.98 Å². The summed E-state index contributed by atoms with van der Waals surface area (Å²) >= 11 is 0. The van der Waals surface area contributed by atoms with Gasteiger partial charge in [0.1, 0.15) is 23.1 Å². The molecule has 11 nitrogen and oxygen atoms in total. The quantitative estimate of drug-likeness (QED) is 0.177. The molecular formula is C28H26F2N6O5. The van der Waals surface area contributed by atoms with Gasteiger partial charge in [-0.1, -0.05) is 12.1 Å². The molecule has 5 rings (SSSR count). The van der Waals surface area contributed by atoms with Crippen LogP contribution >= 0.6 is 0 Å². The highest BCUT2D eigenvalue weighted by atomic mass is 19.1. The summed E-state index contributed by atoms with van der Waals surface area (Å²) in [4.78, 5) is 21.2. The summed E-state index contributed by atoms with van der Waals surface area (Å²) in [6.45, 7) is 0.0337. The predicted octanol–water partition coefficient (Wildman–Crippen LogP) is 4.64. The highest BCUT2D eigenvalue weighted by Crippen LogP contribution is 2.41. The molecule has 4 aromatic rings. The van der Waals surface area contributed by atoms with E-state index in [1.54, 1.807) is 41.2 Å². The zero-order valence-corrected chi connectivity index (χ0v) is 21.8. The number of amidine groups is 1. The Morgan fingerprint density at radius 1 is 1.15 bits per heavy atom. The summed E-state index contributed by atoms with van der Waals surface area (Å²) in [5, 5.41) is 27.5. The number of rotatable bonds is 8. The van der Waals surface area contributed by atoms with E-state index in [1.165, 1.54) is 23.1 Å². The molecule has 0 radical (unpaired) electrons. The number of carbonyl (C=O) groups is 1. The molecule has 0 aliphatic carbocycles. The van der Waals surface area contributed by atoms with Crippen molar-refractivity contribution in [2.24, 2.45) is 18.7 Å². The zero-order valence-electron chi connectivity index (χ0n) is 21.8. The number of aliphatic carboxylic acids is 1. The lowest BCUT2D eigenvalue weighted by atomic mass is 9.98. The molecule has 5 N–H and O–H groups in total. The Labute approximate surface area is 232 Å². The van der Waals surface area contributed by atoms with Crippen molar-refractivity contribution in [3.8, 4) is 40.4 Å². The van der Waals surface area contributed by atoms with Gasteiger partial charge in [-0.3, -0.25) is 10.2 Å². The molecule has 0 bridgehead atoms. The van der Waals surface area contributed by atoms with Crippen LogP contribution in [0.4, 0.5) is 14.5 Å². The molecule has 3 heterocycles. The number of nitrogens with zero attached hydrogens (tertiary/aromatic N) is 4. The first-order valence-electron chi connectivity index (χ1n) is 12.6. The largest absolute Gasteiger partial charge is 0.504 e. The number of phenols is 1. The standard InChI is InChI=1S/C28H26F2N6O5/c1-35-11-9-33-25(35)16-4-2-6-18(12-16)40-26-21(29)23(36-10-3-5-17(14-36)28(38)39)22(30)27(34-26)41-20-13-15(24(31)32)7-8-19(20)37/h2,4,6-9,11-13,17,37H,3,5,10,14H2,1H3,(H3,31,32)(H,38,39). The fourth-order valence-corrected chi connectivity index (χ4v) is 4.61. The molecule has 212 valence electrons. The van der Waals surface area contributed by atoms with Crippen molar-refractivity contribution in [1.82, 2.24) is 14.5 Å². The SMILES string of the molecule is Cn1ccnc1-c1cccc(Oc2nc(Oc3cc(C(=N)N)ccc3O)c(F)c(N3CCCC(C(=O)O)C3)c2F)c1. The first-order valence-corrected chi connectivity index (χ1v) is 12.6. The Bertz CT molecular complexity index is 1640. The number of benzene rings is 2. The third kappa shape index (κ3) is 5.60. The first kappa shape index (κ1) is 27.4. The lowest BCUT2D eigenvalue weighted by Crippen LogP contribution is -2.39. The number of aryl methyl sites for hydroxylation is 1. The number of halogens is 2. The summed E-state index contributed by atoms with van der Waals surface area (Å²) in [7, 11) is 1.81. The second-order valence-electron chi connectivity index (χ2n) is 9.51. The number of piperidine rings is 1. The van der Waals surface area contributed by atoms with E-state index in [-0.39, 0.29) is 36.0 Å². The van der Waals surface area contributed by atoms with E-state index in [0.29, 0.717) is 24.2 Å². The Morgan fingerprint density at radius 2 is 1.90 bits per heavy atom. The number of phenolic OH excluding ortho intramolecular Hbond substituents is 1. The maximum absolute atomic E-state index is 16.0. The molecule has 41 heavy (non-hydrogen) atoms. The number of nitrogen functional groups attached to an aromatic ring is 1. The van der Waals surface area contributed by atoms with Crippen molar-refractivity contribution in [3.05, 3.63) is 72.1 Å². The monoisotopic (exact) mass is 564 g/mol. The van der Waals surface area contributed by atoms with E-state index in [2.05, 4.69) is 9.97 Å². The normalized spacial score (nSPS) is 15.0. The summed E-state index contributed by atoms with van der Waals surface area (Å²) in [6, 6.07) is 10.4. The fraction of sp³-hybridized carbons (Fsp3) is 0.214. The Kier molecular flexibility index (Phi) is 7.42. The first-order chi connectivity index (χ1) is 19.6. The number of carboxylic acid groups (broad SMARTS) is 1. The van der Waals surface area contributed by atoms with Gasteiger partial charge in [0.2, 0.25) is 11.6 Å². The summed E-state index contributed by atoms with van der Waals surface area (Å²) in [6.07, 6.45) is 4.13. The number of nitrogens with two attached hydrogens (primary N) is 1. The summed E-state index contributed by atoms with van der Waals surface area (Å²) in [5.41, 5.74) is 5.81. The van der Waals surface area contributed by atoms with Crippen LogP contribution in [-0.4, -0.2) is 49.6 Å². The Morgan fingerprint density at radius 3 is 2.59 bits per heavy atom. The number of nitrogens with one attached hydrogen (secondary N) is 1. The number of hydrogen-bond acceptors (Lipinski definition) is 8. The molecule has 2 aromatic carbocycles. The third-order valence-electron chi connectivity index (χ3n) is 6.69. The minimum atomic E-state index is -1.21. The number of hydrogen-bond donors (Lipinski definition) is 4. The van der Waals surface area contributed by atoms with Gasteiger partial charge in [0.15, 0.2) is 11.5 Å². The van der Waals surface area contributed by atoms with E-state index >= 15 is 8.78 Å². The molecule has 2 aromatic heterocycles. The van der Waals surface area contributed by atoms with Gasteiger partial charge in [0.25, 0.3) is 11.8 Å². The van der Waals surface area contributed by atoms with E-state index in [9.17, 15) is 15.0 Å². The van der Waals surface area contributed by atoms with Crippen LogP contribution < -0.4 is 20.1 Å². The van der Waals surface area contributed by atoms with Crippen molar-refractivity contribution in [2.45, 2.75) is 12.8 Å². The van der Waals surface area contributed by atoms with Gasteiger partial charge in [-0.2, -0.15) is 13.8 Å². The number of pyridine rings is 1. The van der Waals surface area contributed by atoms with Crippen molar-refractivity contribution >= 4 is 17.5 Å². The highest BCUT2D eigenvalue weighted by Gasteiger charge is 2.33. The van der Waals surface area contributed by atoms with Gasteiger partial charge in [-0.15, -0.1) is 0 Å². The van der Waals surface area contributed by atoms with Crippen LogP contribution in [0.5, 0.6) is 29.0 Å². The number of anilines is 1. The number of aromatic nitrogens is 3. The molecule has 0 amide bonds. The minimum absolute atomic E-state index is 0.147. The second kappa shape index (κ2) is 11.1. The van der Waals surface area contributed by atoms with Crippen molar-refractivity contribution in [3.63, 3.8) is 0 Å². The van der Waals surface area contributed by atoms with Crippen LogP contribution in [-0.2, 0) is 11.8 Å². The molecule has 13 heteroatoms. The third-order valence-corrected chi connectivity index (χ3v) is 6.69. The van der Waals surface area contributed by atoms with Crippen LogP contribution in [0.1, 0.15) is 18.4 Å². The molecule has 1 unspecified atom stereocenters. The number of carboxylic acids is 1. The Balaban J connectivity index is 1.59. The lowest BCUT2D eigenvalue weighted by Gasteiger charge is -2.33. The molecule has 0 spiro atoms. The van der Waals surface area contributed by atoms with E-state index < -0.39 is 46.7 Å². The van der Waals surface area contributed by atoms with Crippen molar-refractivity contribution in [2.75, 3.05) is 18.0 Å². The molecule has 1 aliphatic heterocycles. The van der Waals surface area contributed by atoms with E-state index in [0.717, 1.165) is 0 Å². The van der Waals surface area contributed by atoms with Crippen molar-refractivity contribution in [1.29, 1.82) is 5.41 Å². The van der Waals surface area contributed by atoms with Gasteiger partial charge in [-0.05, 0) is 43.2 Å². The minimum Gasteiger partial charge on any atom is -0.504 e. The van der Waals surface area contributed by atoms with Crippen LogP contribution in [0.15, 0.2) is 54.9 Å². The van der Waals surface area contributed by atoms with Crippen molar-refractivity contribution < 1.29 is 33.3 Å². The summed E-state index contributed by atoms with van der Waals surface area (Å²) in [5.74, 6) is -5.86. The smallest absolute Gasteiger partial charge is 0.308 e. The van der Waals surface area contributed by atoms with Gasteiger partial charge in [0.05, 0.1) is 5.92 Å². The van der Waals surface area contributed by atoms with Gasteiger partial charge in [0, 0.05) is 43.7 Å². The van der Waals surface area contributed by atoms with E-state index in [4.69, 9.17) is 20.6 Å². The van der Waals surface area contributed by atoms with Crippen LogP contribution in [0.3, 0.4) is 0 Å². The Hall–Kier alpha value is -5.20.